The largest absolute Gasteiger partial charge is 0.508 e. The summed E-state index contributed by atoms with van der Waals surface area (Å²) < 4.78 is 0. The number of carbonyl (C=O) groups excluding carboxylic acids is 1. The molecule has 3 aromatic carbocycles. The molecule has 1 fully saturated rings. The van der Waals surface area contributed by atoms with Crippen LogP contribution in [0.5, 0.6) is 5.75 Å². The molecular formula is C24H20N2O2. The van der Waals surface area contributed by atoms with E-state index in [2.05, 4.69) is 41.9 Å². The molecule has 0 spiro atoms. The SMILES string of the molecule is C=CC(=O)N1CC(c2ccc3[nH]c(-c4cc(O)cc5ccccc45)cc3c2)C1. The molecule has 1 aromatic heterocycles. The number of fused-ring (bicyclic) bond motifs is 2. The van der Waals surface area contributed by atoms with Crippen LogP contribution in [0, 0.1) is 0 Å². The summed E-state index contributed by atoms with van der Waals surface area (Å²) in [7, 11) is 0. The number of hydrogen-bond donors (Lipinski definition) is 2. The van der Waals surface area contributed by atoms with Gasteiger partial charge in [0.2, 0.25) is 5.91 Å². The molecule has 2 N–H and O–H groups in total. The number of nitrogens with one attached hydrogen (secondary N) is 1. The second-order valence-electron chi connectivity index (χ2n) is 7.39. The minimum absolute atomic E-state index is 0.00276. The first-order chi connectivity index (χ1) is 13.6. The number of aromatic hydroxyl groups is 1. The van der Waals surface area contributed by atoms with E-state index in [-0.39, 0.29) is 11.7 Å². The van der Waals surface area contributed by atoms with E-state index >= 15 is 0 Å². The zero-order chi connectivity index (χ0) is 19.3. The monoisotopic (exact) mass is 368 g/mol. The van der Waals surface area contributed by atoms with Gasteiger partial charge in [-0.1, -0.05) is 36.9 Å². The van der Waals surface area contributed by atoms with Gasteiger partial charge in [-0.05, 0) is 52.7 Å². The highest BCUT2D eigenvalue weighted by atomic mass is 16.3. The Balaban J connectivity index is 1.52. The van der Waals surface area contributed by atoms with Gasteiger partial charge in [0.05, 0.1) is 0 Å². The van der Waals surface area contributed by atoms with Crippen molar-refractivity contribution in [3.63, 3.8) is 0 Å². The van der Waals surface area contributed by atoms with Crippen LogP contribution in [0.15, 0.2) is 73.3 Å². The van der Waals surface area contributed by atoms with Crippen molar-refractivity contribution in [1.29, 1.82) is 0 Å². The molecule has 1 aliphatic rings. The average molecular weight is 368 g/mol. The molecule has 4 nitrogen and oxygen atoms in total. The molecule has 1 saturated heterocycles. The Morgan fingerprint density at radius 2 is 1.89 bits per heavy atom. The van der Waals surface area contributed by atoms with Gasteiger partial charge >= 0.3 is 0 Å². The highest BCUT2D eigenvalue weighted by Crippen LogP contribution is 2.35. The fourth-order valence-electron chi connectivity index (χ4n) is 4.07. The summed E-state index contributed by atoms with van der Waals surface area (Å²) in [6.45, 7) is 5.03. The van der Waals surface area contributed by atoms with Gasteiger partial charge in [-0.15, -0.1) is 0 Å². The molecule has 5 rings (SSSR count). The standard InChI is InChI=1S/C24H20N2O2/c1-2-24(28)26-13-18(14-26)15-7-8-22-17(9-15)11-23(25-22)21-12-19(27)10-16-5-3-4-6-20(16)21/h2-12,18,25,27H,1,13-14H2. The van der Waals surface area contributed by atoms with Crippen LogP contribution in [0.4, 0.5) is 0 Å². The number of aromatic amines is 1. The van der Waals surface area contributed by atoms with Crippen LogP contribution in [-0.2, 0) is 4.79 Å². The summed E-state index contributed by atoms with van der Waals surface area (Å²) in [5, 5.41) is 13.4. The Morgan fingerprint density at radius 3 is 2.71 bits per heavy atom. The molecule has 138 valence electrons. The number of likely N-dealkylation sites (tertiary alicyclic amines) is 1. The lowest BCUT2D eigenvalue weighted by Crippen LogP contribution is -2.47. The van der Waals surface area contributed by atoms with Crippen LogP contribution in [0.3, 0.4) is 0 Å². The van der Waals surface area contributed by atoms with Gasteiger partial charge in [0.25, 0.3) is 0 Å². The van der Waals surface area contributed by atoms with E-state index < -0.39 is 0 Å². The number of rotatable bonds is 3. The number of hydrogen-bond acceptors (Lipinski definition) is 2. The number of benzene rings is 3. The summed E-state index contributed by atoms with van der Waals surface area (Å²) in [6, 6.07) is 20.2. The maximum Gasteiger partial charge on any atom is 0.245 e. The zero-order valence-corrected chi connectivity index (χ0v) is 15.4. The smallest absolute Gasteiger partial charge is 0.245 e. The van der Waals surface area contributed by atoms with Gasteiger partial charge in [-0.2, -0.15) is 0 Å². The summed E-state index contributed by atoms with van der Waals surface area (Å²) in [5.74, 6) is 0.625. The molecule has 4 heteroatoms. The lowest BCUT2D eigenvalue weighted by atomic mass is 9.90. The normalized spacial score (nSPS) is 14.4. The number of carbonyl (C=O) groups is 1. The van der Waals surface area contributed by atoms with Crippen LogP contribution in [0.1, 0.15) is 11.5 Å². The maximum atomic E-state index is 11.7. The first kappa shape index (κ1) is 16.6. The van der Waals surface area contributed by atoms with E-state index in [1.54, 1.807) is 12.1 Å². The van der Waals surface area contributed by atoms with Crippen molar-refractivity contribution >= 4 is 27.6 Å². The minimum atomic E-state index is -0.00276. The summed E-state index contributed by atoms with van der Waals surface area (Å²) >= 11 is 0. The van der Waals surface area contributed by atoms with Crippen LogP contribution in [0.2, 0.25) is 0 Å². The summed E-state index contributed by atoms with van der Waals surface area (Å²) in [4.78, 5) is 17.0. The Labute approximate surface area is 162 Å². The Bertz CT molecular complexity index is 1230. The van der Waals surface area contributed by atoms with Crippen LogP contribution in [0.25, 0.3) is 32.9 Å². The highest BCUT2D eigenvalue weighted by Gasteiger charge is 2.30. The Hall–Kier alpha value is -3.53. The lowest BCUT2D eigenvalue weighted by Gasteiger charge is -2.39. The first-order valence-electron chi connectivity index (χ1n) is 9.38. The van der Waals surface area contributed by atoms with Crippen molar-refractivity contribution in [2.24, 2.45) is 0 Å². The van der Waals surface area contributed by atoms with E-state index in [0.717, 1.165) is 46.0 Å². The quantitative estimate of drug-likeness (QED) is 0.510. The van der Waals surface area contributed by atoms with Crippen molar-refractivity contribution in [3.05, 3.63) is 78.9 Å². The first-order valence-corrected chi connectivity index (χ1v) is 9.38. The number of amides is 1. The molecule has 0 aliphatic carbocycles. The Kier molecular flexibility index (Phi) is 3.72. The van der Waals surface area contributed by atoms with Crippen molar-refractivity contribution in [1.82, 2.24) is 9.88 Å². The van der Waals surface area contributed by atoms with Crippen LogP contribution < -0.4 is 0 Å². The molecule has 0 atom stereocenters. The molecule has 0 bridgehead atoms. The fraction of sp³-hybridized carbons (Fsp3) is 0.125. The van der Waals surface area contributed by atoms with Gasteiger partial charge in [0.15, 0.2) is 0 Å². The topological polar surface area (TPSA) is 56.3 Å². The third-order valence-corrected chi connectivity index (χ3v) is 5.62. The molecule has 1 amide bonds. The van der Waals surface area contributed by atoms with Crippen LogP contribution >= 0.6 is 0 Å². The third-order valence-electron chi connectivity index (χ3n) is 5.62. The van der Waals surface area contributed by atoms with Gasteiger partial charge in [-0.3, -0.25) is 4.79 Å². The molecule has 4 aromatic rings. The van der Waals surface area contributed by atoms with E-state index in [0.29, 0.717) is 5.92 Å². The van der Waals surface area contributed by atoms with E-state index in [1.165, 1.54) is 11.6 Å². The molecule has 2 heterocycles. The summed E-state index contributed by atoms with van der Waals surface area (Å²) in [5.41, 5.74) is 4.27. The number of phenols is 1. The number of aromatic nitrogens is 1. The summed E-state index contributed by atoms with van der Waals surface area (Å²) in [6.07, 6.45) is 1.37. The number of nitrogens with zero attached hydrogens (tertiary/aromatic N) is 1. The van der Waals surface area contributed by atoms with Crippen molar-refractivity contribution in [3.8, 4) is 17.0 Å². The van der Waals surface area contributed by atoms with E-state index in [9.17, 15) is 9.90 Å². The molecule has 0 radical (unpaired) electrons. The molecular weight excluding hydrogens is 348 g/mol. The molecule has 1 aliphatic heterocycles. The van der Waals surface area contributed by atoms with Gasteiger partial charge in [0.1, 0.15) is 5.75 Å². The minimum Gasteiger partial charge on any atom is -0.508 e. The van der Waals surface area contributed by atoms with Crippen LogP contribution in [-0.4, -0.2) is 34.0 Å². The third kappa shape index (κ3) is 2.65. The van der Waals surface area contributed by atoms with E-state index in [4.69, 9.17) is 0 Å². The lowest BCUT2D eigenvalue weighted by molar-refractivity contribution is -0.130. The average Bonchev–Trinajstić information content (AvgIpc) is 3.09. The number of H-pyrrole nitrogens is 1. The van der Waals surface area contributed by atoms with E-state index in [1.807, 2.05) is 23.1 Å². The van der Waals surface area contributed by atoms with Crippen molar-refractivity contribution in [2.45, 2.75) is 5.92 Å². The maximum absolute atomic E-state index is 11.7. The van der Waals surface area contributed by atoms with Gasteiger partial charge in [0, 0.05) is 41.2 Å². The highest BCUT2D eigenvalue weighted by molar-refractivity contribution is 5.99. The molecule has 0 unspecified atom stereocenters. The fourth-order valence-corrected chi connectivity index (χ4v) is 4.07. The number of phenolic OH excluding ortho intramolecular Hbond substituents is 1. The second-order valence-corrected chi connectivity index (χ2v) is 7.39. The van der Waals surface area contributed by atoms with Gasteiger partial charge in [-0.25, -0.2) is 0 Å². The predicted octanol–water partition coefficient (Wildman–Crippen LogP) is 4.81. The van der Waals surface area contributed by atoms with Gasteiger partial charge < -0.3 is 15.0 Å². The zero-order valence-electron chi connectivity index (χ0n) is 15.4. The predicted molar refractivity (Wildman–Crippen MR) is 112 cm³/mol. The molecule has 28 heavy (non-hydrogen) atoms. The second kappa shape index (κ2) is 6.27. The molecule has 0 saturated carbocycles. The van der Waals surface area contributed by atoms with Crippen molar-refractivity contribution < 1.29 is 9.90 Å². The Morgan fingerprint density at radius 1 is 1.07 bits per heavy atom. The van der Waals surface area contributed by atoms with Crippen molar-refractivity contribution in [2.75, 3.05) is 13.1 Å².